The minimum absolute atomic E-state index is 0.0882. The molecule has 0 N–H and O–H groups in total. The molecule has 0 spiro atoms. The molecule has 0 radical (unpaired) electrons. The van der Waals surface area contributed by atoms with E-state index in [1.807, 2.05) is 13.8 Å². The van der Waals surface area contributed by atoms with Gasteiger partial charge in [-0.25, -0.2) is 8.42 Å². The Hall–Kier alpha value is -0.0900. The molecule has 0 aromatic rings. The Labute approximate surface area is 113 Å². The van der Waals surface area contributed by atoms with Crippen molar-refractivity contribution in [1.29, 1.82) is 0 Å². The van der Waals surface area contributed by atoms with Crippen LogP contribution in [0.25, 0.3) is 0 Å². The second-order valence-electron chi connectivity index (χ2n) is 6.21. The number of hydrogen-bond donors (Lipinski definition) is 0. The molecule has 0 heterocycles. The Morgan fingerprint density at radius 1 is 1.06 bits per heavy atom. The van der Waals surface area contributed by atoms with E-state index in [0.29, 0.717) is 11.7 Å². The molecule has 1 saturated carbocycles. The average molecular weight is 275 g/mol. The zero-order valence-corrected chi connectivity index (χ0v) is 13.2. The zero-order valence-electron chi connectivity index (χ0n) is 12.4. The van der Waals surface area contributed by atoms with Crippen LogP contribution >= 0.6 is 0 Å². The van der Waals surface area contributed by atoms with E-state index in [1.165, 1.54) is 19.3 Å². The van der Waals surface area contributed by atoms with Gasteiger partial charge in [0.25, 0.3) is 0 Å². The quantitative estimate of drug-likeness (QED) is 0.745. The van der Waals surface area contributed by atoms with Crippen LogP contribution in [0.3, 0.4) is 0 Å². The van der Waals surface area contributed by atoms with Crippen LogP contribution in [-0.2, 0) is 10.0 Å². The fraction of sp³-hybridized carbons (Fsp3) is 1.00. The summed E-state index contributed by atoms with van der Waals surface area (Å²) in [4.78, 5) is 0. The van der Waals surface area contributed by atoms with Gasteiger partial charge in [0, 0.05) is 12.1 Å². The molecule has 0 bridgehead atoms. The number of rotatable bonds is 6. The third kappa shape index (κ3) is 4.54. The summed E-state index contributed by atoms with van der Waals surface area (Å²) in [7, 11) is -3.08. The van der Waals surface area contributed by atoms with Crippen LogP contribution in [0.1, 0.15) is 66.2 Å². The largest absolute Gasteiger partial charge is 0.214 e. The van der Waals surface area contributed by atoms with Gasteiger partial charge in [0.15, 0.2) is 0 Å². The van der Waals surface area contributed by atoms with E-state index >= 15 is 0 Å². The number of sulfonamides is 1. The molecule has 1 aliphatic rings. The van der Waals surface area contributed by atoms with Crippen molar-refractivity contribution in [2.24, 2.45) is 5.92 Å². The predicted octanol–water partition coefficient (Wildman–Crippen LogP) is 3.41. The summed E-state index contributed by atoms with van der Waals surface area (Å²) in [6.45, 7) is 8.16. The normalized spacial score (nSPS) is 19.1. The fourth-order valence-corrected chi connectivity index (χ4v) is 5.08. The van der Waals surface area contributed by atoms with E-state index in [9.17, 15) is 8.42 Å². The van der Waals surface area contributed by atoms with Gasteiger partial charge in [-0.3, -0.25) is 0 Å². The molecule has 108 valence electrons. The van der Waals surface area contributed by atoms with Crippen molar-refractivity contribution in [3.63, 3.8) is 0 Å². The van der Waals surface area contributed by atoms with Gasteiger partial charge in [0.2, 0.25) is 10.0 Å². The molecular weight excluding hydrogens is 246 g/mol. The maximum absolute atomic E-state index is 12.5. The molecule has 1 rings (SSSR count). The van der Waals surface area contributed by atoms with E-state index in [2.05, 4.69) is 13.8 Å². The van der Waals surface area contributed by atoms with Crippen LogP contribution in [0.5, 0.6) is 0 Å². The van der Waals surface area contributed by atoms with Crippen LogP contribution < -0.4 is 0 Å². The van der Waals surface area contributed by atoms with Gasteiger partial charge >= 0.3 is 0 Å². The van der Waals surface area contributed by atoms with Crippen LogP contribution in [0.2, 0.25) is 0 Å². The van der Waals surface area contributed by atoms with Crippen LogP contribution in [0.4, 0.5) is 0 Å². The maximum atomic E-state index is 12.5. The summed E-state index contributed by atoms with van der Waals surface area (Å²) in [6, 6.07) is 0.334. The first kappa shape index (κ1) is 16.0. The SMILES string of the molecule is CC(C)CCS(=O)(=O)N(C(C)C)C1CCCCC1. The van der Waals surface area contributed by atoms with Gasteiger partial charge in [0.05, 0.1) is 5.75 Å². The van der Waals surface area contributed by atoms with E-state index in [-0.39, 0.29) is 12.1 Å². The lowest BCUT2D eigenvalue weighted by atomic mass is 9.95. The van der Waals surface area contributed by atoms with Crippen molar-refractivity contribution in [1.82, 2.24) is 4.31 Å². The Balaban J connectivity index is 2.76. The lowest BCUT2D eigenvalue weighted by molar-refractivity contribution is 0.219. The lowest BCUT2D eigenvalue weighted by Gasteiger charge is -2.36. The Morgan fingerprint density at radius 3 is 2.06 bits per heavy atom. The van der Waals surface area contributed by atoms with E-state index in [4.69, 9.17) is 0 Å². The molecule has 1 fully saturated rings. The molecule has 0 aliphatic heterocycles. The summed E-state index contributed by atoms with van der Waals surface area (Å²) >= 11 is 0. The lowest BCUT2D eigenvalue weighted by Crippen LogP contribution is -2.46. The summed E-state index contributed by atoms with van der Waals surface area (Å²) in [5.74, 6) is 0.749. The summed E-state index contributed by atoms with van der Waals surface area (Å²) in [5.41, 5.74) is 0. The Kier molecular flexibility index (Phi) is 6.12. The Morgan fingerprint density at radius 2 is 1.61 bits per heavy atom. The molecule has 3 nitrogen and oxygen atoms in total. The van der Waals surface area contributed by atoms with E-state index in [0.717, 1.165) is 19.3 Å². The van der Waals surface area contributed by atoms with Gasteiger partial charge in [-0.2, -0.15) is 4.31 Å². The van der Waals surface area contributed by atoms with E-state index in [1.54, 1.807) is 4.31 Å². The van der Waals surface area contributed by atoms with Crippen LogP contribution in [-0.4, -0.2) is 30.6 Å². The third-order valence-corrected chi connectivity index (χ3v) is 5.83. The molecule has 0 amide bonds. The highest BCUT2D eigenvalue weighted by atomic mass is 32.2. The maximum Gasteiger partial charge on any atom is 0.214 e. The highest BCUT2D eigenvalue weighted by Gasteiger charge is 2.32. The monoisotopic (exact) mass is 275 g/mol. The molecule has 1 aliphatic carbocycles. The summed E-state index contributed by atoms with van der Waals surface area (Å²) < 4.78 is 26.8. The number of hydrogen-bond acceptors (Lipinski definition) is 2. The van der Waals surface area contributed by atoms with Gasteiger partial charge < -0.3 is 0 Å². The van der Waals surface area contributed by atoms with Crippen molar-refractivity contribution in [3.8, 4) is 0 Å². The summed E-state index contributed by atoms with van der Waals surface area (Å²) in [5, 5.41) is 0. The van der Waals surface area contributed by atoms with Crippen molar-refractivity contribution >= 4 is 10.0 Å². The van der Waals surface area contributed by atoms with Gasteiger partial charge in [-0.05, 0) is 39.0 Å². The average Bonchev–Trinajstić information content (AvgIpc) is 2.27. The van der Waals surface area contributed by atoms with Crippen LogP contribution in [0, 0.1) is 5.92 Å². The molecule has 0 unspecified atom stereocenters. The molecule has 0 atom stereocenters. The van der Waals surface area contributed by atoms with Gasteiger partial charge in [-0.1, -0.05) is 33.1 Å². The summed E-state index contributed by atoms with van der Waals surface area (Å²) in [6.07, 6.45) is 6.45. The van der Waals surface area contributed by atoms with E-state index < -0.39 is 10.0 Å². The smallest absolute Gasteiger partial charge is 0.212 e. The Bertz CT molecular complexity index is 330. The minimum Gasteiger partial charge on any atom is -0.212 e. The van der Waals surface area contributed by atoms with Crippen molar-refractivity contribution < 1.29 is 8.42 Å². The fourth-order valence-electron chi connectivity index (χ4n) is 2.80. The first-order chi connectivity index (χ1) is 8.34. The second-order valence-corrected chi connectivity index (χ2v) is 8.21. The molecule has 0 saturated heterocycles. The number of nitrogens with zero attached hydrogens (tertiary/aromatic N) is 1. The van der Waals surface area contributed by atoms with Gasteiger partial charge in [0.1, 0.15) is 0 Å². The highest BCUT2D eigenvalue weighted by Crippen LogP contribution is 2.27. The van der Waals surface area contributed by atoms with Crippen molar-refractivity contribution in [3.05, 3.63) is 0 Å². The first-order valence-corrected chi connectivity index (χ1v) is 8.96. The predicted molar refractivity (Wildman–Crippen MR) is 77.1 cm³/mol. The molecular formula is C14H29NO2S. The molecule has 0 aromatic heterocycles. The third-order valence-electron chi connectivity index (χ3n) is 3.72. The molecule has 4 heteroatoms. The zero-order chi connectivity index (χ0) is 13.8. The minimum atomic E-state index is -3.08. The first-order valence-electron chi connectivity index (χ1n) is 7.36. The molecule has 0 aromatic carbocycles. The highest BCUT2D eigenvalue weighted by molar-refractivity contribution is 7.89. The molecule has 18 heavy (non-hydrogen) atoms. The standard InChI is InChI=1S/C14H29NO2S/c1-12(2)10-11-18(16,17)15(13(3)4)14-8-6-5-7-9-14/h12-14H,5-11H2,1-4H3. The van der Waals surface area contributed by atoms with Crippen LogP contribution in [0.15, 0.2) is 0 Å². The van der Waals surface area contributed by atoms with Crippen molar-refractivity contribution in [2.75, 3.05) is 5.75 Å². The van der Waals surface area contributed by atoms with Gasteiger partial charge in [-0.15, -0.1) is 0 Å². The topological polar surface area (TPSA) is 37.4 Å². The van der Waals surface area contributed by atoms with Crippen molar-refractivity contribution in [2.45, 2.75) is 78.3 Å². The second kappa shape index (κ2) is 6.90.